The van der Waals surface area contributed by atoms with Gasteiger partial charge in [0, 0.05) is 21.4 Å². The van der Waals surface area contributed by atoms with Crippen LogP contribution in [0.2, 0.25) is 0 Å². The number of aliphatic imine (C=N–C) groups is 1. The van der Waals surface area contributed by atoms with Crippen LogP contribution in [0.3, 0.4) is 0 Å². The maximum absolute atomic E-state index is 13.5. The van der Waals surface area contributed by atoms with Gasteiger partial charge in [0.15, 0.2) is 0 Å². The van der Waals surface area contributed by atoms with Crippen LogP contribution in [0.4, 0.5) is 5.69 Å². The van der Waals surface area contributed by atoms with Crippen LogP contribution < -0.4 is 11.1 Å². The van der Waals surface area contributed by atoms with E-state index >= 15 is 0 Å². The van der Waals surface area contributed by atoms with Gasteiger partial charge >= 0.3 is 0 Å². The number of nitrogens with one attached hydrogen (secondary N) is 2. The number of anilines is 1. The van der Waals surface area contributed by atoms with E-state index in [4.69, 9.17) is 5.73 Å². The Hall–Kier alpha value is -2.78. The number of carbonyl (C=O) groups is 2. The maximum atomic E-state index is 13.5. The normalized spacial score (nSPS) is 18.6. The molecule has 4 N–H and O–H groups in total. The van der Waals surface area contributed by atoms with Gasteiger partial charge in [-0.15, -0.1) is 0 Å². The second kappa shape index (κ2) is 8.76. The molecule has 1 unspecified atom stereocenters. The Balaban J connectivity index is 1.75. The number of aromatic nitrogens is 2. The summed E-state index contributed by atoms with van der Waals surface area (Å²) < 4.78 is 1.53. The highest BCUT2D eigenvalue weighted by Gasteiger charge is 2.30. The first kappa shape index (κ1) is 21.5. The van der Waals surface area contributed by atoms with Crippen molar-refractivity contribution < 1.29 is 9.59 Å². The van der Waals surface area contributed by atoms with Crippen molar-refractivity contribution >= 4 is 64.9 Å². The Bertz CT molecular complexity index is 1250. The third-order valence-corrected chi connectivity index (χ3v) is 6.57. The summed E-state index contributed by atoms with van der Waals surface area (Å²) in [5.41, 5.74) is 9.07. The average Bonchev–Trinajstić information content (AvgIpc) is 3.07. The molecule has 0 spiro atoms. The van der Waals surface area contributed by atoms with Crippen LogP contribution in [-0.4, -0.2) is 33.2 Å². The first-order chi connectivity index (χ1) is 14.9. The number of primary amides is 1. The van der Waals surface area contributed by atoms with Gasteiger partial charge in [-0.3, -0.25) is 19.7 Å². The molecule has 2 aliphatic rings. The molecule has 2 heterocycles. The predicted molar refractivity (Wildman–Crippen MR) is 130 cm³/mol. The summed E-state index contributed by atoms with van der Waals surface area (Å²) in [5.74, 6) is -1.17. The number of aryl methyl sites for hydroxylation is 1. The number of fused-ring (bicyclic) bond motifs is 1. The molecule has 0 bridgehead atoms. The van der Waals surface area contributed by atoms with Gasteiger partial charge in [-0.2, -0.15) is 5.10 Å². The van der Waals surface area contributed by atoms with Gasteiger partial charge in [-0.1, -0.05) is 34.2 Å². The van der Waals surface area contributed by atoms with Crippen molar-refractivity contribution in [2.45, 2.75) is 13.3 Å². The fourth-order valence-electron chi connectivity index (χ4n) is 3.83. The van der Waals surface area contributed by atoms with Crippen molar-refractivity contribution in [1.29, 1.82) is 0 Å². The van der Waals surface area contributed by atoms with Crippen LogP contribution in [0.1, 0.15) is 22.3 Å². The molecule has 1 aliphatic heterocycles. The number of benzene rings is 1. The number of rotatable bonds is 4. The van der Waals surface area contributed by atoms with Crippen LogP contribution in [-0.2, 0) is 4.79 Å². The number of dihydropyridines is 1. The molecule has 0 saturated carbocycles. The van der Waals surface area contributed by atoms with E-state index in [1.165, 1.54) is 0 Å². The number of hydrogen-bond acceptors (Lipinski definition) is 4. The average molecular weight is 545 g/mol. The molecular weight excluding hydrogens is 526 g/mol. The van der Waals surface area contributed by atoms with Gasteiger partial charge in [-0.05, 0) is 58.6 Å². The summed E-state index contributed by atoms with van der Waals surface area (Å²) in [6.45, 7) is 2.26. The monoisotopic (exact) mass is 543 g/mol. The number of carbonyl (C=O) groups excluding carboxylic acids is 2. The fourth-order valence-corrected chi connectivity index (χ4v) is 4.81. The lowest BCUT2D eigenvalue weighted by atomic mass is 9.86. The molecule has 1 aromatic heterocycles. The number of hydrogen-bond donors (Lipinski definition) is 3. The van der Waals surface area contributed by atoms with E-state index in [1.807, 2.05) is 37.3 Å². The lowest BCUT2D eigenvalue weighted by Crippen LogP contribution is -2.28. The topological polar surface area (TPSA) is 113 Å². The van der Waals surface area contributed by atoms with Crippen molar-refractivity contribution in [3.05, 3.63) is 69.4 Å². The molecular formula is C22H19Br2N5O2. The van der Waals surface area contributed by atoms with Crippen LogP contribution >= 0.6 is 31.9 Å². The Kier molecular flexibility index (Phi) is 6.06. The highest BCUT2D eigenvalue weighted by atomic mass is 79.9. The smallest absolute Gasteiger partial charge is 0.253 e. The minimum atomic E-state index is -0.644. The number of halogens is 2. The summed E-state index contributed by atoms with van der Waals surface area (Å²) in [5, 5.41) is 10.5. The SMILES string of the molecule is Cc1cc2cn[nH]c2c(C(N)=O)c1NC(=O)C1=CC(Br)=NCC1C1=C(Br)C=CC=CC1. The van der Waals surface area contributed by atoms with E-state index in [2.05, 4.69) is 52.4 Å². The van der Waals surface area contributed by atoms with Crippen LogP contribution in [0, 0.1) is 12.8 Å². The zero-order valence-electron chi connectivity index (χ0n) is 16.6. The minimum Gasteiger partial charge on any atom is -0.365 e. The van der Waals surface area contributed by atoms with Gasteiger partial charge in [0.2, 0.25) is 0 Å². The molecule has 1 atom stereocenters. The molecule has 0 radical (unpaired) electrons. The van der Waals surface area contributed by atoms with Crippen LogP contribution in [0.5, 0.6) is 0 Å². The van der Waals surface area contributed by atoms with E-state index in [1.54, 1.807) is 12.3 Å². The van der Waals surface area contributed by atoms with E-state index < -0.39 is 5.91 Å². The summed E-state index contributed by atoms with van der Waals surface area (Å²) in [7, 11) is 0. The van der Waals surface area contributed by atoms with Crippen molar-refractivity contribution in [3.8, 4) is 0 Å². The number of amides is 2. The number of nitrogens with zero attached hydrogens (tertiary/aromatic N) is 2. The van der Waals surface area contributed by atoms with Gasteiger partial charge < -0.3 is 11.1 Å². The number of nitrogens with two attached hydrogens (primary N) is 1. The minimum absolute atomic E-state index is 0.210. The highest BCUT2D eigenvalue weighted by molar-refractivity contribution is 9.18. The molecule has 2 amide bonds. The number of allylic oxidation sites excluding steroid dienone is 6. The molecule has 0 fully saturated rings. The third-order valence-electron chi connectivity index (χ3n) is 5.31. The summed E-state index contributed by atoms with van der Waals surface area (Å²) in [6, 6.07) is 1.85. The zero-order valence-corrected chi connectivity index (χ0v) is 19.7. The molecule has 1 aromatic carbocycles. The van der Waals surface area contributed by atoms with Crippen LogP contribution in [0.15, 0.2) is 63.3 Å². The Labute approximate surface area is 195 Å². The molecule has 2 aromatic rings. The molecule has 7 nitrogen and oxygen atoms in total. The summed E-state index contributed by atoms with van der Waals surface area (Å²) in [6.07, 6.45) is 12.0. The van der Waals surface area contributed by atoms with E-state index in [-0.39, 0.29) is 17.4 Å². The predicted octanol–water partition coefficient (Wildman–Crippen LogP) is 4.42. The van der Waals surface area contributed by atoms with Crippen LogP contribution in [0.25, 0.3) is 10.9 Å². The Morgan fingerprint density at radius 2 is 2.10 bits per heavy atom. The fraction of sp³-hybridized carbons (Fsp3) is 0.182. The second-order valence-corrected chi connectivity index (χ2v) is 8.94. The van der Waals surface area contributed by atoms with E-state index in [0.717, 1.165) is 21.0 Å². The molecule has 158 valence electrons. The van der Waals surface area contributed by atoms with Gasteiger partial charge in [0.1, 0.15) is 4.62 Å². The van der Waals surface area contributed by atoms with Crippen molar-refractivity contribution in [2.24, 2.45) is 16.6 Å². The lowest BCUT2D eigenvalue weighted by molar-refractivity contribution is -0.113. The quantitative estimate of drug-likeness (QED) is 0.529. The Morgan fingerprint density at radius 3 is 2.87 bits per heavy atom. The highest BCUT2D eigenvalue weighted by Crippen LogP contribution is 2.35. The Morgan fingerprint density at radius 1 is 1.29 bits per heavy atom. The molecule has 9 heteroatoms. The number of aromatic amines is 1. The molecule has 0 saturated heterocycles. The van der Waals surface area contributed by atoms with Crippen molar-refractivity contribution in [2.75, 3.05) is 11.9 Å². The molecule has 31 heavy (non-hydrogen) atoms. The lowest BCUT2D eigenvalue weighted by Gasteiger charge is -2.25. The molecule has 1 aliphatic carbocycles. The van der Waals surface area contributed by atoms with E-state index in [9.17, 15) is 9.59 Å². The van der Waals surface area contributed by atoms with E-state index in [0.29, 0.717) is 34.4 Å². The first-order valence-electron chi connectivity index (χ1n) is 9.58. The zero-order chi connectivity index (χ0) is 22.1. The third kappa shape index (κ3) is 4.20. The summed E-state index contributed by atoms with van der Waals surface area (Å²) >= 11 is 7.02. The van der Waals surface area contributed by atoms with Gasteiger partial charge in [0.05, 0.1) is 29.5 Å². The van der Waals surface area contributed by atoms with Gasteiger partial charge in [-0.25, -0.2) is 0 Å². The first-order valence-corrected chi connectivity index (χ1v) is 11.2. The summed E-state index contributed by atoms with van der Waals surface area (Å²) in [4.78, 5) is 30.2. The van der Waals surface area contributed by atoms with Crippen molar-refractivity contribution in [1.82, 2.24) is 10.2 Å². The second-order valence-electron chi connectivity index (χ2n) is 7.28. The molecule has 4 rings (SSSR count). The largest absolute Gasteiger partial charge is 0.365 e. The maximum Gasteiger partial charge on any atom is 0.253 e. The van der Waals surface area contributed by atoms with Gasteiger partial charge in [0.25, 0.3) is 11.8 Å². The number of H-pyrrole nitrogens is 1. The van der Waals surface area contributed by atoms with Crippen molar-refractivity contribution in [3.63, 3.8) is 0 Å². The standard InChI is InChI=1S/C22H19Br2N5O2/c1-11-7-12-9-27-29-20(12)18(21(25)30)19(11)28-22(31)14-8-17(24)26-10-15(14)13-5-3-2-4-6-16(13)23/h2-4,6-9,15H,5,10H2,1H3,(H2,25,30)(H,27,29)(H,28,31).